The van der Waals surface area contributed by atoms with E-state index in [0.29, 0.717) is 43.4 Å². The predicted octanol–water partition coefficient (Wildman–Crippen LogP) is 6.18. The van der Waals surface area contributed by atoms with Crippen LogP contribution < -0.4 is 4.74 Å². The molecule has 2 aromatic carbocycles. The molecule has 1 saturated heterocycles. The minimum atomic E-state index is -0.101. The van der Waals surface area contributed by atoms with Crippen LogP contribution in [0.15, 0.2) is 42.5 Å². The van der Waals surface area contributed by atoms with Gasteiger partial charge >= 0.3 is 0 Å². The molecule has 4 rings (SSSR count). The molecule has 5 nitrogen and oxygen atoms in total. The van der Waals surface area contributed by atoms with Gasteiger partial charge in [-0.05, 0) is 66.0 Å². The molecule has 2 aliphatic rings. The fraction of sp³-hybridized carbons (Fsp3) is 0.517. The summed E-state index contributed by atoms with van der Waals surface area (Å²) < 4.78 is 5.93. The highest BCUT2D eigenvalue weighted by Gasteiger charge is 2.46. The monoisotopic (exact) mass is 496 g/mol. The largest absolute Gasteiger partial charge is 0.491 e. The van der Waals surface area contributed by atoms with Crippen LogP contribution in [0.2, 0.25) is 5.02 Å². The zero-order valence-electron chi connectivity index (χ0n) is 21.4. The number of likely N-dealkylation sites (tertiary alicyclic amines) is 1. The summed E-state index contributed by atoms with van der Waals surface area (Å²) in [6.07, 6.45) is 2.93. The zero-order valence-corrected chi connectivity index (χ0v) is 22.1. The molecule has 1 aliphatic carbocycles. The average Bonchev–Trinajstić information content (AvgIpc) is 3.29. The molecular weight excluding hydrogens is 460 g/mol. The Morgan fingerprint density at radius 2 is 1.77 bits per heavy atom. The maximum Gasteiger partial charge on any atom is 0.229 e. The van der Waals surface area contributed by atoms with Gasteiger partial charge in [0.25, 0.3) is 0 Å². The number of amides is 2. The summed E-state index contributed by atoms with van der Waals surface area (Å²) in [5.41, 5.74) is 4.04. The summed E-state index contributed by atoms with van der Waals surface area (Å²) in [5, 5.41) is 0.767. The van der Waals surface area contributed by atoms with Crippen molar-refractivity contribution in [1.82, 2.24) is 9.80 Å². The second-order valence-electron chi connectivity index (χ2n) is 10.7. The van der Waals surface area contributed by atoms with Gasteiger partial charge in [0, 0.05) is 37.0 Å². The van der Waals surface area contributed by atoms with E-state index in [1.807, 2.05) is 18.2 Å². The Labute approximate surface area is 214 Å². The third kappa shape index (κ3) is 6.25. The van der Waals surface area contributed by atoms with Crippen LogP contribution in [0.25, 0.3) is 0 Å². The molecule has 2 fully saturated rings. The van der Waals surface area contributed by atoms with E-state index in [1.165, 1.54) is 22.4 Å². The summed E-state index contributed by atoms with van der Waals surface area (Å²) in [6, 6.07) is 14.9. The van der Waals surface area contributed by atoms with Crippen LogP contribution in [-0.2, 0) is 16.1 Å². The van der Waals surface area contributed by atoms with Gasteiger partial charge in [-0.15, -0.1) is 0 Å². The number of hydrogen-bond acceptors (Lipinski definition) is 4. The molecule has 1 heterocycles. The second kappa shape index (κ2) is 10.7. The minimum Gasteiger partial charge on any atom is -0.491 e. The van der Waals surface area contributed by atoms with Gasteiger partial charge in [0.1, 0.15) is 12.4 Å². The molecule has 1 aliphatic heterocycles. The highest BCUT2D eigenvalue weighted by Crippen LogP contribution is 2.52. The van der Waals surface area contributed by atoms with Crippen molar-refractivity contribution in [3.8, 4) is 5.75 Å². The molecule has 2 atom stereocenters. The van der Waals surface area contributed by atoms with Gasteiger partial charge < -0.3 is 4.74 Å². The highest BCUT2D eigenvalue weighted by molar-refractivity contribution is 6.30. The van der Waals surface area contributed by atoms with Gasteiger partial charge in [0.2, 0.25) is 11.8 Å². The van der Waals surface area contributed by atoms with Crippen molar-refractivity contribution in [3.05, 3.63) is 64.2 Å². The number of nitrogens with zero attached hydrogens (tertiary/aromatic N) is 2. The van der Waals surface area contributed by atoms with E-state index in [4.69, 9.17) is 16.3 Å². The number of rotatable bonds is 11. The summed E-state index contributed by atoms with van der Waals surface area (Å²) in [7, 11) is 0. The zero-order chi connectivity index (χ0) is 25.2. The molecule has 6 heteroatoms. The van der Waals surface area contributed by atoms with Gasteiger partial charge in [-0.2, -0.15) is 0 Å². The first-order valence-electron chi connectivity index (χ1n) is 12.7. The Morgan fingerprint density at radius 1 is 1.11 bits per heavy atom. The van der Waals surface area contributed by atoms with Crippen LogP contribution in [0.3, 0.4) is 0 Å². The third-order valence-electron chi connectivity index (χ3n) is 7.61. The van der Waals surface area contributed by atoms with Crippen molar-refractivity contribution in [1.29, 1.82) is 0 Å². The normalized spacial score (nSPS) is 19.9. The summed E-state index contributed by atoms with van der Waals surface area (Å²) in [5.74, 6) is 1.31. The summed E-state index contributed by atoms with van der Waals surface area (Å²) in [4.78, 5) is 27.5. The lowest BCUT2D eigenvalue weighted by atomic mass is 10.00. The lowest BCUT2D eigenvalue weighted by Crippen LogP contribution is -2.33. The smallest absolute Gasteiger partial charge is 0.229 e. The van der Waals surface area contributed by atoms with Crippen LogP contribution in [0, 0.1) is 18.3 Å². The Morgan fingerprint density at radius 3 is 2.34 bits per heavy atom. The van der Waals surface area contributed by atoms with Gasteiger partial charge in [-0.3, -0.25) is 19.4 Å². The molecule has 0 aromatic heterocycles. The predicted molar refractivity (Wildman–Crippen MR) is 139 cm³/mol. The van der Waals surface area contributed by atoms with Crippen LogP contribution in [0.4, 0.5) is 0 Å². The molecule has 0 N–H and O–H groups in total. The molecule has 0 unspecified atom stereocenters. The van der Waals surface area contributed by atoms with Crippen molar-refractivity contribution >= 4 is 23.4 Å². The van der Waals surface area contributed by atoms with Crippen molar-refractivity contribution < 1.29 is 14.3 Å². The van der Waals surface area contributed by atoms with Crippen molar-refractivity contribution in [2.24, 2.45) is 11.3 Å². The quantitative estimate of drug-likeness (QED) is 0.349. The Kier molecular flexibility index (Phi) is 7.87. The molecule has 1 saturated carbocycles. The summed E-state index contributed by atoms with van der Waals surface area (Å²) >= 11 is 6.16. The maximum atomic E-state index is 11.8. The van der Waals surface area contributed by atoms with E-state index in [-0.39, 0.29) is 11.8 Å². The molecule has 0 bridgehead atoms. The number of carbonyl (C=O) groups excluding carboxylic acids is 2. The first kappa shape index (κ1) is 25.7. The SMILES string of the molecule is CC[C@H](c1ccc(Cl)cc1)N(Cc1ccc(OCCN2C(=O)CCC2=O)c(C)c1)C[C@@H]1CC1(C)C. The topological polar surface area (TPSA) is 49.9 Å². The Hall–Kier alpha value is -2.37. The minimum absolute atomic E-state index is 0.101. The van der Waals surface area contributed by atoms with E-state index in [1.54, 1.807) is 0 Å². The number of ether oxygens (including phenoxy) is 1. The lowest BCUT2D eigenvalue weighted by molar-refractivity contribution is -0.138. The van der Waals surface area contributed by atoms with E-state index in [9.17, 15) is 9.59 Å². The molecule has 35 heavy (non-hydrogen) atoms. The molecule has 188 valence electrons. The number of aryl methyl sites for hydroxylation is 1. The Balaban J connectivity index is 1.44. The van der Waals surface area contributed by atoms with Gasteiger partial charge in [0.05, 0.1) is 6.54 Å². The van der Waals surface area contributed by atoms with Gasteiger partial charge in [0.15, 0.2) is 0 Å². The molecule has 0 radical (unpaired) electrons. The van der Waals surface area contributed by atoms with Gasteiger partial charge in [-0.1, -0.05) is 56.6 Å². The van der Waals surface area contributed by atoms with Crippen molar-refractivity contribution in [3.63, 3.8) is 0 Å². The van der Waals surface area contributed by atoms with Gasteiger partial charge in [-0.25, -0.2) is 0 Å². The number of benzene rings is 2. The number of halogens is 1. The third-order valence-corrected chi connectivity index (χ3v) is 7.86. The first-order valence-corrected chi connectivity index (χ1v) is 13.1. The number of imide groups is 1. The van der Waals surface area contributed by atoms with E-state index >= 15 is 0 Å². The number of hydrogen-bond donors (Lipinski definition) is 0. The van der Waals surface area contributed by atoms with Crippen LogP contribution in [0.1, 0.15) is 69.2 Å². The lowest BCUT2D eigenvalue weighted by Gasteiger charge is -2.32. The maximum absolute atomic E-state index is 11.8. The fourth-order valence-electron chi connectivity index (χ4n) is 5.19. The highest BCUT2D eigenvalue weighted by atomic mass is 35.5. The van der Waals surface area contributed by atoms with Crippen molar-refractivity contribution in [2.45, 2.75) is 66.0 Å². The second-order valence-corrected chi connectivity index (χ2v) is 11.1. The van der Waals surface area contributed by atoms with Crippen LogP contribution in [-0.4, -0.2) is 41.3 Å². The Bertz CT molecular complexity index is 1050. The molecule has 2 aromatic rings. The number of carbonyl (C=O) groups is 2. The molecular formula is C29H37ClN2O3. The molecule has 2 amide bonds. The fourth-order valence-corrected chi connectivity index (χ4v) is 5.31. The average molecular weight is 497 g/mol. The molecule has 0 spiro atoms. The van der Waals surface area contributed by atoms with Crippen LogP contribution >= 0.6 is 11.6 Å². The van der Waals surface area contributed by atoms with E-state index < -0.39 is 0 Å². The van der Waals surface area contributed by atoms with E-state index in [0.717, 1.165) is 35.8 Å². The summed E-state index contributed by atoms with van der Waals surface area (Å²) in [6.45, 7) is 11.6. The standard InChI is InChI=1S/C29H37ClN2O3/c1-5-25(22-7-9-24(30)10-8-22)31(19-23-17-29(23,3)4)18-21-6-11-26(20(2)16-21)35-15-14-32-27(33)12-13-28(32)34/h6-11,16,23,25H,5,12-15,17-19H2,1-4H3/t23-,25+/m0/s1. The van der Waals surface area contributed by atoms with Crippen LogP contribution in [0.5, 0.6) is 5.75 Å². The van der Waals surface area contributed by atoms with E-state index in [2.05, 4.69) is 56.9 Å². The van der Waals surface area contributed by atoms with Crippen molar-refractivity contribution in [2.75, 3.05) is 19.7 Å². The first-order chi connectivity index (χ1) is 16.7.